The summed E-state index contributed by atoms with van der Waals surface area (Å²) in [5.41, 5.74) is -2.52. The Labute approximate surface area is 92.7 Å². The van der Waals surface area contributed by atoms with Crippen LogP contribution in [-0.2, 0) is 0 Å². The molecule has 1 unspecified atom stereocenters. The summed E-state index contributed by atoms with van der Waals surface area (Å²) in [4.78, 5) is 0. The molecule has 6 heteroatoms. The van der Waals surface area contributed by atoms with Crippen molar-refractivity contribution in [3.63, 3.8) is 0 Å². The van der Waals surface area contributed by atoms with E-state index < -0.39 is 11.8 Å². The van der Waals surface area contributed by atoms with Crippen molar-refractivity contribution in [3.05, 3.63) is 0 Å². The lowest BCUT2D eigenvalue weighted by atomic mass is 9.81. The first-order valence-electron chi connectivity index (χ1n) is 5.44. The standard InChI is InChI=1S/C10H18F3NO2/c1-7(6-15)14-8-2-4-9(16,5-3-8)10(11,12)13/h7-8,14-16H,2-6H2,1H3. The molecule has 1 saturated carbocycles. The van der Waals surface area contributed by atoms with E-state index in [1.54, 1.807) is 6.92 Å². The Morgan fingerprint density at radius 2 is 1.88 bits per heavy atom. The van der Waals surface area contributed by atoms with Crippen molar-refractivity contribution < 1.29 is 23.4 Å². The van der Waals surface area contributed by atoms with Crippen molar-refractivity contribution in [2.45, 2.75) is 56.5 Å². The topological polar surface area (TPSA) is 52.5 Å². The molecule has 0 spiro atoms. The van der Waals surface area contributed by atoms with Crippen molar-refractivity contribution in [3.8, 4) is 0 Å². The molecule has 0 amide bonds. The van der Waals surface area contributed by atoms with Gasteiger partial charge < -0.3 is 15.5 Å². The van der Waals surface area contributed by atoms with Gasteiger partial charge in [0.25, 0.3) is 0 Å². The van der Waals surface area contributed by atoms with E-state index in [0.717, 1.165) is 0 Å². The zero-order valence-electron chi connectivity index (χ0n) is 9.22. The zero-order valence-corrected chi connectivity index (χ0v) is 9.22. The Bertz CT molecular complexity index is 225. The Morgan fingerprint density at radius 1 is 1.38 bits per heavy atom. The average Bonchev–Trinajstić information content (AvgIpc) is 2.20. The molecule has 0 heterocycles. The third kappa shape index (κ3) is 3.09. The van der Waals surface area contributed by atoms with Crippen molar-refractivity contribution in [2.24, 2.45) is 0 Å². The van der Waals surface area contributed by atoms with E-state index in [1.807, 2.05) is 0 Å². The quantitative estimate of drug-likeness (QED) is 0.695. The number of hydrogen-bond acceptors (Lipinski definition) is 3. The van der Waals surface area contributed by atoms with Gasteiger partial charge in [0, 0.05) is 12.1 Å². The van der Waals surface area contributed by atoms with Gasteiger partial charge in [-0.3, -0.25) is 0 Å². The molecule has 3 nitrogen and oxygen atoms in total. The molecule has 0 radical (unpaired) electrons. The number of halogens is 3. The molecule has 1 rings (SSSR count). The molecule has 1 aliphatic rings. The van der Waals surface area contributed by atoms with Crippen molar-refractivity contribution in [2.75, 3.05) is 6.61 Å². The largest absolute Gasteiger partial charge is 0.417 e. The molecule has 0 aliphatic heterocycles. The van der Waals surface area contributed by atoms with E-state index in [4.69, 9.17) is 5.11 Å². The van der Waals surface area contributed by atoms with Gasteiger partial charge in [-0.05, 0) is 32.6 Å². The van der Waals surface area contributed by atoms with Crippen LogP contribution in [0.15, 0.2) is 0 Å². The summed E-state index contributed by atoms with van der Waals surface area (Å²) in [6.07, 6.45) is -4.53. The van der Waals surface area contributed by atoms with Gasteiger partial charge in [-0.2, -0.15) is 13.2 Å². The second kappa shape index (κ2) is 4.89. The normalized spacial score (nSPS) is 33.8. The fraction of sp³-hybridized carbons (Fsp3) is 1.00. The SMILES string of the molecule is CC(CO)NC1CCC(O)(C(F)(F)F)CC1. The van der Waals surface area contributed by atoms with Crippen LogP contribution in [0.5, 0.6) is 0 Å². The molecule has 96 valence electrons. The fourth-order valence-corrected chi connectivity index (χ4v) is 2.00. The van der Waals surface area contributed by atoms with Crippen LogP contribution < -0.4 is 5.32 Å². The minimum atomic E-state index is -4.54. The highest BCUT2D eigenvalue weighted by Gasteiger charge is 2.54. The summed E-state index contributed by atoms with van der Waals surface area (Å²) in [6, 6.07) is -0.174. The van der Waals surface area contributed by atoms with Crippen LogP contribution >= 0.6 is 0 Å². The van der Waals surface area contributed by atoms with Gasteiger partial charge in [-0.25, -0.2) is 0 Å². The lowest BCUT2D eigenvalue weighted by Crippen LogP contribution is -2.51. The third-order valence-electron chi connectivity index (χ3n) is 3.13. The minimum absolute atomic E-state index is 0.0416. The predicted molar refractivity (Wildman–Crippen MR) is 52.9 cm³/mol. The maximum absolute atomic E-state index is 12.5. The first-order valence-corrected chi connectivity index (χ1v) is 5.44. The summed E-state index contributed by atoms with van der Waals surface area (Å²) in [5.74, 6) is 0. The molecule has 1 atom stereocenters. The first kappa shape index (κ1) is 13.7. The average molecular weight is 241 g/mol. The van der Waals surface area contributed by atoms with Crippen LogP contribution in [0.3, 0.4) is 0 Å². The lowest BCUT2D eigenvalue weighted by molar-refractivity contribution is -0.270. The Balaban J connectivity index is 2.45. The third-order valence-corrected chi connectivity index (χ3v) is 3.13. The predicted octanol–water partition coefficient (Wildman–Crippen LogP) is 1.19. The van der Waals surface area contributed by atoms with Gasteiger partial charge in [0.1, 0.15) is 0 Å². The molecule has 0 aromatic rings. The van der Waals surface area contributed by atoms with Crippen LogP contribution in [0.4, 0.5) is 13.2 Å². The monoisotopic (exact) mass is 241 g/mol. The highest BCUT2D eigenvalue weighted by Crippen LogP contribution is 2.41. The van der Waals surface area contributed by atoms with Crippen molar-refractivity contribution >= 4 is 0 Å². The minimum Gasteiger partial charge on any atom is -0.395 e. The van der Waals surface area contributed by atoms with E-state index in [-0.39, 0.29) is 44.4 Å². The van der Waals surface area contributed by atoms with Crippen molar-refractivity contribution in [1.29, 1.82) is 0 Å². The summed E-state index contributed by atoms with van der Waals surface area (Å²) in [6.45, 7) is 1.73. The van der Waals surface area contributed by atoms with E-state index in [2.05, 4.69) is 5.32 Å². The van der Waals surface area contributed by atoms with Crippen LogP contribution in [-0.4, -0.2) is 40.7 Å². The highest BCUT2D eigenvalue weighted by molar-refractivity contribution is 4.93. The highest BCUT2D eigenvalue weighted by atomic mass is 19.4. The van der Waals surface area contributed by atoms with Crippen LogP contribution in [0.25, 0.3) is 0 Å². The smallest absolute Gasteiger partial charge is 0.395 e. The van der Waals surface area contributed by atoms with E-state index in [1.165, 1.54) is 0 Å². The summed E-state index contributed by atoms with van der Waals surface area (Å²) in [5, 5.41) is 21.2. The number of nitrogens with one attached hydrogen (secondary N) is 1. The molecular weight excluding hydrogens is 223 g/mol. The lowest BCUT2D eigenvalue weighted by Gasteiger charge is -2.38. The second-order valence-corrected chi connectivity index (χ2v) is 4.55. The molecule has 1 aliphatic carbocycles. The molecule has 16 heavy (non-hydrogen) atoms. The van der Waals surface area contributed by atoms with Crippen LogP contribution in [0, 0.1) is 0 Å². The molecule has 0 bridgehead atoms. The molecular formula is C10H18F3NO2. The Hall–Kier alpha value is -0.330. The van der Waals surface area contributed by atoms with Gasteiger partial charge >= 0.3 is 6.18 Å². The van der Waals surface area contributed by atoms with Crippen molar-refractivity contribution in [1.82, 2.24) is 5.32 Å². The maximum atomic E-state index is 12.5. The maximum Gasteiger partial charge on any atom is 0.417 e. The van der Waals surface area contributed by atoms with E-state index in [9.17, 15) is 18.3 Å². The molecule has 3 N–H and O–H groups in total. The number of rotatable bonds is 3. The van der Waals surface area contributed by atoms with Crippen LogP contribution in [0.2, 0.25) is 0 Å². The first-order chi connectivity index (χ1) is 7.28. The molecule has 0 aromatic heterocycles. The van der Waals surface area contributed by atoms with Gasteiger partial charge in [0.05, 0.1) is 6.61 Å². The number of aliphatic hydroxyl groups is 2. The van der Waals surface area contributed by atoms with Gasteiger partial charge in [-0.1, -0.05) is 0 Å². The van der Waals surface area contributed by atoms with E-state index in [0.29, 0.717) is 0 Å². The summed E-state index contributed by atoms with van der Waals surface area (Å²) < 4.78 is 37.4. The second-order valence-electron chi connectivity index (χ2n) is 4.55. The number of hydrogen-bond donors (Lipinski definition) is 3. The van der Waals surface area contributed by atoms with Gasteiger partial charge in [0.2, 0.25) is 0 Å². The Morgan fingerprint density at radius 3 is 2.25 bits per heavy atom. The molecule has 0 saturated heterocycles. The Kier molecular flexibility index (Phi) is 4.20. The molecule has 0 aromatic carbocycles. The van der Waals surface area contributed by atoms with Gasteiger partial charge in [0.15, 0.2) is 5.60 Å². The summed E-state index contributed by atoms with van der Waals surface area (Å²) >= 11 is 0. The fourth-order valence-electron chi connectivity index (χ4n) is 2.00. The van der Waals surface area contributed by atoms with Crippen LogP contribution in [0.1, 0.15) is 32.6 Å². The zero-order chi connectivity index (χ0) is 12.4. The summed E-state index contributed by atoms with van der Waals surface area (Å²) in [7, 11) is 0. The van der Waals surface area contributed by atoms with E-state index >= 15 is 0 Å². The number of alkyl halides is 3. The molecule has 1 fully saturated rings. The number of aliphatic hydroxyl groups excluding tert-OH is 1. The van der Waals surface area contributed by atoms with Gasteiger partial charge in [-0.15, -0.1) is 0 Å².